The van der Waals surface area contributed by atoms with Crippen molar-refractivity contribution < 1.29 is 9.53 Å². The molecule has 0 amide bonds. The Hall–Kier alpha value is -1.56. The van der Waals surface area contributed by atoms with E-state index >= 15 is 0 Å². The van der Waals surface area contributed by atoms with Crippen molar-refractivity contribution in [1.82, 2.24) is 0 Å². The number of hydrogen-bond donors (Lipinski definition) is 0. The quantitative estimate of drug-likeness (QED) is 0.276. The molecule has 0 fully saturated rings. The largest absolute Gasteiger partial charge is 0.459 e. The zero-order valence-electron chi connectivity index (χ0n) is 7.20. The highest BCUT2D eigenvalue weighted by Crippen LogP contribution is 1.99. The Morgan fingerprint density at radius 2 is 2.25 bits per heavy atom. The Balaban J connectivity index is 4.05. The normalized spacial score (nSPS) is 9.83. The molecular weight excluding hydrogens is 154 g/mol. The molecular formula is C9H11NO2. The molecule has 0 aliphatic rings. The molecule has 0 unspecified atom stereocenters. The number of nitriles is 1. The van der Waals surface area contributed by atoms with Crippen molar-refractivity contribution in [3.05, 3.63) is 24.3 Å². The Kier molecular flexibility index (Phi) is 4.47. The Morgan fingerprint density at radius 1 is 1.67 bits per heavy atom. The summed E-state index contributed by atoms with van der Waals surface area (Å²) in [5.74, 6) is -0.489. The number of carbonyl (C=O) groups excluding carboxylic acids is 1. The van der Waals surface area contributed by atoms with Crippen molar-refractivity contribution in [2.45, 2.75) is 20.0 Å². The van der Waals surface area contributed by atoms with Crippen molar-refractivity contribution >= 4 is 5.97 Å². The average molecular weight is 165 g/mol. The van der Waals surface area contributed by atoms with Crippen LogP contribution in [0.1, 0.15) is 13.8 Å². The fraction of sp³-hybridized carbons (Fsp3) is 0.333. The third-order valence-electron chi connectivity index (χ3n) is 0.964. The van der Waals surface area contributed by atoms with E-state index in [9.17, 15) is 4.79 Å². The molecule has 64 valence electrons. The van der Waals surface area contributed by atoms with E-state index in [0.717, 1.165) is 0 Å². The molecule has 0 aliphatic carbocycles. The SMILES string of the molecule is C=C(C=CC#N)C(=O)OC(C)C. The van der Waals surface area contributed by atoms with Gasteiger partial charge in [-0.1, -0.05) is 6.58 Å². The van der Waals surface area contributed by atoms with E-state index in [1.54, 1.807) is 19.9 Å². The molecule has 3 heteroatoms. The molecule has 0 N–H and O–H groups in total. The summed E-state index contributed by atoms with van der Waals surface area (Å²) in [6.45, 7) is 6.93. The summed E-state index contributed by atoms with van der Waals surface area (Å²) in [5.41, 5.74) is 0.185. The Bertz CT molecular complexity index is 246. The minimum absolute atomic E-state index is 0.162. The number of ether oxygens (including phenoxy) is 1. The minimum atomic E-state index is -0.489. The molecule has 0 bridgehead atoms. The monoisotopic (exact) mass is 165 g/mol. The van der Waals surface area contributed by atoms with Gasteiger partial charge in [-0.05, 0) is 19.9 Å². The molecule has 0 aromatic heterocycles. The molecule has 12 heavy (non-hydrogen) atoms. The molecule has 0 atom stereocenters. The minimum Gasteiger partial charge on any atom is -0.459 e. The number of carbonyl (C=O) groups is 1. The maximum absolute atomic E-state index is 11.0. The maximum atomic E-state index is 11.0. The van der Waals surface area contributed by atoms with E-state index < -0.39 is 5.97 Å². The van der Waals surface area contributed by atoms with E-state index in [0.29, 0.717) is 0 Å². The molecule has 0 aliphatic heterocycles. The molecule has 0 spiro atoms. The lowest BCUT2D eigenvalue weighted by Gasteiger charge is -2.06. The molecule has 0 radical (unpaired) electrons. The number of allylic oxidation sites excluding steroid dienone is 1. The molecule has 0 heterocycles. The predicted molar refractivity (Wildman–Crippen MR) is 45.1 cm³/mol. The van der Waals surface area contributed by atoms with Crippen LogP contribution < -0.4 is 0 Å². The van der Waals surface area contributed by atoms with Crippen LogP contribution in [0.5, 0.6) is 0 Å². The Morgan fingerprint density at radius 3 is 2.67 bits per heavy atom. The standard InChI is InChI=1S/C9H11NO2/c1-7(2)12-9(11)8(3)5-4-6-10/h4-5,7H,3H2,1-2H3. The van der Waals surface area contributed by atoms with Crippen LogP contribution in [0.3, 0.4) is 0 Å². The summed E-state index contributed by atoms with van der Waals surface area (Å²) in [5, 5.41) is 8.15. The topological polar surface area (TPSA) is 50.1 Å². The summed E-state index contributed by atoms with van der Waals surface area (Å²) in [4.78, 5) is 11.0. The van der Waals surface area contributed by atoms with Crippen LogP contribution in [0.4, 0.5) is 0 Å². The first kappa shape index (κ1) is 10.4. The molecule has 0 saturated carbocycles. The van der Waals surface area contributed by atoms with Gasteiger partial charge in [0.15, 0.2) is 0 Å². The molecule has 0 rings (SSSR count). The van der Waals surface area contributed by atoms with Gasteiger partial charge in [-0.25, -0.2) is 4.79 Å². The van der Waals surface area contributed by atoms with Gasteiger partial charge in [0.2, 0.25) is 0 Å². The van der Waals surface area contributed by atoms with Crippen molar-refractivity contribution in [1.29, 1.82) is 5.26 Å². The summed E-state index contributed by atoms with van der Waals surface area (Å²) in [6.07, 6.45) is 2.35. The molecule has 0 aromatic carbocycles. The van der Waals surface area contributed by atoms with Gasteiger partial charge < -0.3 is 4.74 Å². The van der Waals surface area contributed by atoms with Crippen molar-refractivity contribution in [2.75, 3.05) is 0 Å². The van der Waals surface area contributed by atoms with Gasteiger partial charge in [0.25, 0.3) is 0 Å². The fourth-order valence-corrected chi connectivity index (χ4v) is 0.496. The summed E-state index contributed by atoms with van der Waals surface area (Å²) in [7, 11) is 0. The summed E-state index contributed by atoms with van der Waals surface area (Å²) in [6, 6.07) is 1.76. The number of nitrogens with zero attached hydrogens (tertiary/aromatic N) is 1. The molecule has 0 saturated heterocycles. The van der Waals surface area contributed by atoms with Crippen molar-refractivity contribution in [2.24, 2.45) is 0 Å². The van der Waals surface area contributed by atoms with Crippen LogP contribution in [0, 0.1) is 11.3 Å². The lowest BCUT2D eigenvalue weighted by molar-refractivity contribution is -0.142. The number of hydrogen-bond acceptors (Lipinski definition) is 3. The smallest absolute Gasteiger partial charge is 0.337 e. The maximum Gasteiger partial charge on any atom is 0.337 e. The summed E-state index contributed by atoms with van der Waals surface area (Å²) < 4.78 is 4.81. The van der Waals surface area contributed by atoms with Crippen LogP contribution >= 0.6 is 0 Å². The lowest BCUT2D eigenvalue weighted by atomic mass is 10.3. The first-order valence-electron chi connectivity index (χ1n) is 3.54. The average Bonchev–Trinajstić information content (AvgIpc) is 1.98. The van der Waals surface area contributed by atoms with Gasteiger partial charge in [-0.15, -0.1) is 0 Å². The van der Waals surface area contributed by atoms with Crippen molar-refractivity contribution in [3.8, 4) is 6.07 Å². The first-order chi connectivity index (χ1) is 5.57. The third-order valence-corrected chi connectivity index (χ3v) is 0.964. The zero-order chi connectivity index (χ0) is 9.56. The highest BCUT2D eigenvalue weighted by molar-refractivity contribution is 5.90. The highest BCUT2D eigenvalue weighted by atomic mass is 16.5. The predicted octanol–water partition coefficient (Wildman–Crippen LogP) is 1.57. The van der Waals surface area contributed by atoms with Crippen LogP contribution in [-0.4, -0.2) is 12.1 Å². The van der Waals surface area contributed by atoms with Gasteiger partial charge in [0, 0.05) is 6.08 Å². The van der Waals surface area contributed by atoms with Crippen LogP contribution in [0.2, 0.25) is 0 Å². The second kappa shape index (κ2) is 5.14. The van der Waals surface area contributed by atoms with Gasteiger partial charge in [-0.3, -0.25) is 0 Å². The molecule has 0 aromatic rings. The highest BCUT2D eigenvalue weighted by Gasteiger charge is 2.06. The lowest BCUT2D eigenvalue weighted by Crippen LogP contribution is -2.11. The van der Waals surface area contributed by atoms with Crippen molar-refractivity contribution in [3.63, 3.8) is 0 Å². The third kappa shape index (κ3) is 4.29. The van der Waals surface area contributed by atoms with Gasteiger partial charge >= 0.3 is 5.97 Å². The van der Waals surface area contributed by atoms with Crippen LogP contribution in [0.15, 0.2) is 24.3 Å². The van der Waals surface area contributed by atoms with Gasteiger partial charge in [-0.2, -0.15) is 5.26 Å². The second-order valence-corrected chi connectivity index (χ2v) is 2.44. The summed E-state index contributed by atoms with van der Waals surface area (Å²) >= 11 is 0. The van der Waals surface area contributed by atoms with E-state index in [1.807, 2.05) is 0 Å². The van der Waals surface area contributed by atoms with E-state index in [-0.39, 0.29) is 11.7 Å². The van der Waals surface area contributed by atoms with Crippen LogP contribution in [-0.2, 0) is 9.53 Å². The van der Waals surface area contributed by atoms with Gasteiger partial charge in [0.1, 0.15) is 0 Å². The molecule has 3 nitrogen and oxygen atoms in total. The zero-order valence-corrected chi connectivity index (χ0v) is 7.20. The van der Waals surface area contributed by atoms with Crippen LogP contribution in [0.25, 0.3) is 0 Å². The second-order valence-electron chi connectivity index (χ2n) is 2.44. The van der Waals surface area contributed by atoms with E-state index in [1.165, 1.54) is 12.2 Å². The number of esters is 1. The fourth-order valence-electron chi connectivity index (χ4n) is 0.496. The van der Waals surface area contributed by atoms with E-state index in [4.69, 9.17) is 10.00 Å². The first-order valence-corrected chi connectivity index (χ1v) is 3.54. The van der Waals surface area contributed by atoms with E-state index in [2.05, 4.69) is 6.58 Å². The Labute approximate surface area is 71.9 Å². The number of rotatable bonds is 3. The van der Waals surface area contributed by atoms with Gasteiger partial charge in [0.05, 0.1) is 17.7 Å².